The number of likely N-dealkylation sites (tertiary alicyclic amines) is 1. The number of rotatable bonds is 9. The molecule has 1 unspecified atom stereocenters. The lowest BCUT2D eigenvalue weighted by Gasteiger charge is -2.31. The molecular weight excluding hydrogens is 432 g/mol. The normalized spacial score (nSPS) is 15.1. The van der Waals surface area contributed by atoms with Gasteiger partial charge in [0, 0.05) is 25.1 Å². The number of nitrogens with zero attached hydrogens (tertiary/aromatic N) is 1. The molecule has 1 atom stereocenters. The number of benzene rings is 2. The van der Waals surface area contributed by atoms with Crippen LogP contribution in [0.4, 0.5) is 0 Å². The maximum Gasteiger partial charge on any atom is 0.308 e. The minimum absolute atomic E-state index is 0.0361. The van der Waals surface area contributed by atoms with Crippen LogP contribution in [0.5, 0.6) is 5.75 Å². The van der Waals surface area contributed by atoms with Crippen LogP contribution in [0.3, 0.4) is 0 Å². The highest BCUT2D eigenvalue weighted by Gasteiger charge is 2.29. The molecule has 1 heterocycles. The maximum atomic E-state index is 13.1. The molecular formula is C27H32N2O5. The van der Waals surface area contributed by atoms with E-state index in [1.165, 1.54) is 0 Å². The van der Waals surface area contributed by atoms with E-state index in [-0.39, 0.29) is 36.7 Å². The van der Waals surface area contributed by atoms with E-state index in [1.807, 2.05) is 54.6 Å². The van der Waals surface area contributed by atoms with Crippen LogP contribution in [0, 0.1) is 5.92 Å². The second-order valence-electron chi connectivity index (χ2n) is 8.19. The van der Waals surface area contributed by atoms with Crippen LogP contribution in [-0.2, 0) is 19.1 Å². The summed E-state index contributed by atoms with van der Waals surface area (Å²) in [5.41, 5.74) is 1.75. The van der Waals surface area contributed by atoms with Crippen molar-refractivity contribution < 1.29 is 23.9 Å². The van der Waals surface area contributed by atoms with Crippen molar-refractivity contribution >= 4 is 23.9 Å². The van der Waals surface area contributed by atoms with Gasteiger partial charge in [-0.3, -0.25) is 14.4 Å². The lowest BCUT2D eigenvalue weighted by molar-refractivity contribution is -0.144. The van der Waals surface area contributed by atoms with E-state index in [9.17, 15) is 14.4 Å². The number of nitrogens with one attached hydrogen (secondary N) is 1. The summed E-state index contributed by atoms with van der Waals surface area (Å²) >= 11 is 0. The Morgan fingerprint density at radius 1 is 1.09 bits per heavy atom. The topological polar surface area (TPSA) is 84.9 Å². The highest BCUT2D eigenvalue weighted by Crippen LogP contribution is 2.25. The lowest BCUT2D eigenvalue weighted by atomic mass is 9.94. The average molecular weight is 465 g/mol. The highest BCUT2D eigenvalue weighted by molar-refractivity contribution is 5.92. The molecule has 0 saturated carbocycles. The first kappa shape index (κ1) is 25.0. The number of hydrogen-bond acceptors (Lipinski definition) is 5. The number of methoxy groups -OCH3 is 1. The Hall–Kier alpha value is -3.61. The Labute approximate surface area is 200 Å². The maximum absolute atomic E-state index is 13.1. The van der Waals surface area contributed by atoms with Crippen LogP contribution in [0.25, 0.3) is 6.08 Å². The van der Waals surface area contributed by atoms with Gasteiger partial charge in [-0.05, 0) is 49.1 Å². The number of carbonyl (C=O) groups excluding carboxylic acids is 3. The highest BCUT2D eigenvalue weighted by atomic mass is 16.5. The summed E-state index contributed by atoms with van der Waals surface area (Å²) in [5.74, 6) is -0.127. The van der Waals surface area contributed by atoms with Crippen LogP contribution >= 0.6 is 0 Å². The van der Waals surface area contributed by atoms with Gasteiger partial charge in [-0.1, -0.05) is 42.5 Å². The zero-order chi connectivity index (χ0) is 24.3. The SMILES string of the molecule is CCOC(=O)CC(NC(=O)C1CCN(C(=O)C=Cc2ccccc2)CC1)c1cccc(OC)c1. The number of amides is 2. The van der Waals surface area contributed by atoms with Gasteiger partial charge in [0.2, 0.25) is 11.8 Å². The van der Waals surface area contributed by atoms with Gasteiger partial charge in [-0.15, -0.1) is 0 Å². The standard InChI is InChI=1S/C27H32N2O5/c1-3-34-26(31)19-24(22-10-7-11-23(18-22)33-2)28-27(32)21-14-16-29(17-15-21)25(30)13-12-20-8-5-4-6-9-20/h4-13,18,21,24H,3,14-17,19H2,1-2H3,(H,28,32). The van der Waals surface area contributed by atoms with E-state index in [4.69, 9.17) is 9.47 Å². The molecule has 0 aromatic heterocycles. The largest absolute Gasteiger partial charge is 0.497 e. The first-order valence-electron chi connectivity index (χ1n) is 11.6. The first-order valence-corrected chi connectivity index (χ1v) is 11.6. The zero-order valence-corrected chi connectivity index (χ0v) is 19.7. The minimum Gasteiger partial charge on any atom is -0.497 e. The van der Waals surface area contributed by atoms with E-state index in [2.05, 4.69) is 5.32 Å². The van der Waals surface area contributed by atoms with Gasteiger partial charge < -0.3 is 19.7 Å². The van der Waals surface area contributed by atoms with Crippen LogP contribution in [-0.4, -0.2) is 49.5 Å². The van der Waals surface area contributed by atoms with Crippen molar-refractivity contribution in [1.82, 2.24) is 10.2 Å². The third kappa shape index (κ3) is 7.20. The van der Waals surface area contributed by atoms with Gasteiger partial charge in [0.1, 0.15) is 5.75 Å². The van der Waals surface area contributed by atoms with Crippen molar-refractivity contribution in [2.75, 3.05) is 26.8 Å². The van der Waals surface area contributed by atoms with Crippen LogP contribution in [0.1, 0.15) is 43.4 Å². The first-order chi connectivity index (χ1) is 16.5. The van der Waals surface area contributed by atoms with Crippen molar-refractivity contribution in [3.63, 3.8) is 0 Å². The molecule has 3 rings (SSSR count). The molecule has 1 aliphatic heterocycles. The molecule has 1 N–H and O–H groups in total. The summed E-state index contributed by atoms with van der Waals surface area (Å²) in [5, 5.41) is 3.02. The van der Waals surface area contributed by atoms with Crippen molar-refractivity contribution in [2.45, 2.75) is 32.2 Å². The molecule has 1 fully saturated rings. The van der Waals surface area contributed by atoms with Crippen molar-refractivity contribution in [1.29, 1.82) is 0 Å². The molecule has 1 aliphatic rings. The van der Waals surface area contributed by atoms with Gasteiger partial charge in [0.05, 0.1) is 26.2 Å². The number of piperidine rings is 1. The lowest BCUT2D eigenvalue weighted by Crippen LogP contribution is -2.43. The number of hydrogen-bond donors (Lipinski definition) is 1. The molecule has 0 radical (unpaired) electrons. The van der Waals surface area contributed by atoms with E-state index < -0.39 is 6.04 Å². The Morgan fingerprint density at radius 3 is 2.50 bits per heavy atom. The van der Waals surface area contributed by atoms with E-state index in [0.29, 0.717) is 31.7 Å². The molecule has 0 bridgehead atoms. The third-order valence-electron chi connectivity index (χ3n) is 5.88. The van der Waals surface area contributed by atoms with Gasteiger partial charge in [0.25, 0.3) is 0 Å². The second kappa shape index (κ2) is 12.6. The van der Waals surface area contributed by atoms with Gasteiger partial charge in [-0.2, -0.15) is 0 Å². The molecule has 180 valence electrons. The molecule has 7 nitrogen and oxygen atoms in total. The van der Waals surface area contributed by atoms with Gasteiger partial charge in [0.15, 0.2) is 0 Å². The summed E-state index contributed by atoms with van der Waals surface area (Å²) in [7, 11) is 1.57. The smallest absolute Gasteiger partial charge is 0.308 e. The quantitative estimate of drug-likeness (QED) is 0.451. The van der Waals surface area contributed by atoms with Crippen molar-refractivity contribution in [3.8, 4) is 5.75 Å². The summed E-state index contributed by atoms with van der Waals surface area (Å²) in [6.07, 6.45) is 4.56. The molecule has 2 aromatic rings. The molecule has 34 heavy (non-hydrogen) atoms. The molecule has 2 amide bonds. The van der Waals surface area contributed by atoms with E-state index in [1.54, 1.807) is 31.1 Å². The molecule has 2 aromatic carbocycles. The van der Waals surface area contributed by atoms with Gasteiger partial charge >= 0.3 is 5.97 Å². The monoisotopic (exact) mass is 464 g/mol. The summed E-state index contributed by atoms with van der Waals surface area (Å²) in [6, 6.07) is 16.4. The average Bonchev–Trinajstić information content (AvgIpc) is 2.87. The predicted molar refractivity (Wildman–Crippen MR) is 130 cm³/mol. The van der Waals surface area contributed by atoms with Crippen molar-refractivity contribution in [2.24, 2.45) is 5.92 Å². The summed E-state index contributed by atoms with van der Waals surface area (Å²) < 4.78 is 10.4. The Morgan fingerprint density at radius 2 is 1.82 bits per heavy atom. The fourth-order valence-corrected chi connectivity index (χ4v) is 3.99. The summed E-state index contributed by atoms with van der Waals surface area (Å²) in [4.78, 5) is 39.5. The second-order valence-corrected chi connectivity index (χ2v) is 8.19. The number of ether oxygens (including phenoxy) is 2. The number of esters is 1. The van der Waals surface area contributed by atoms with Crippen LogP contribution in [0.2, 0.25) is 0 Å². The molecule has 0 aliphatic carbocycles. The Kier molecular flexibility index (Phi) is 9.26. The summed E-state index contributed by atoms with van der Waals surface area (Å²) in [6.45, 7) is 3.06. The molecule has 1 saturated heterocycles. The van der Waals surface area contributed by atoms with Crippen LogP contribution < -0.4 is 10.1 Å². The predicted octanol–water partition coefficient (Wildman–Crippen LogP) is 3.76. The Bertz CT molecular complexity index is 997. The Balaban J connectivity index is 1.58. The fourth-order valence-electron chi connectivity index (χ4n) is 3.99. The number of carbonyl (C=O) groups is 3. The zero-order valence-electron chi connectivity index (χ0n) is 19.7. The molecule has 7 heteroatoms. The molecule has 0 spiro atoms. The van der Waals surface area contributed by atoms with Crippen molar-refractivity contribution in [3.05, 3.63) is 71.8 Å². The van der Waals surface area contributed by atoms with E-state index in [0.717, 1.165) is 11.1 Å². The fraction of sp³-hybridized carbons (Fsp3) is 0.370. The minimum atomic E-state index is -0.518. The third-order valence-corrected chi connectivity index (χ3v) is 5.88. The van der Waals surface area contributed by atoms with E-state index >= 15 is 0 Å². The van der Waals surface area contributed by atoms with Crippen LogP contribution in [0.15, 0.2) is 60.7 Å². The van der Waals surface area contributed by atoms with Gasteiger partial charge in [-0.25, -0.2) is 0 Å².